The van der Waals surface area contributed by atoms with Crippen molar-refractivity contribution in [2.45, 2.75) is 13.8 Å². The molecule has 1 aromatic heterocycles. The number of nitriles is 1. The van der Waals surface area contributed by atoms with Crippen LogP contribution in [0.2, 0.25) is 5.02 Å². The molecule has 1 heterocycles. The van der Waals surface area contributed by atoms with Crippen LogP contribution in [0, 0.1) is 25.2 Å². The zero-order valence-corrected chi connectivity index (χ0v) is 15.4. The fourth-order valence-electron chi connectivity index (χ4n) is 2.70. The normalized spacial score (nSPS) is 10.4. The molecule has 27 heavy (non-hydrogen) atoms. The molecule has 0 spiro atoms. The van der Waals surface area contributed by atoms with E-state index in [-0.39, 0.29) is 6.61 Å². The molecule has 0 saturated carbocycles. The van der Waals surface area contributed by atoms with Crippen LogP contribution in [0.3, 0.4) is 0 Å². The summed E-state index contributed by atoms with van der Waals surface area (Å²) in [7, 11) is 0. The summed E-state index contributed by atoms with van der Waals surface area (Å²) in [5.74, 6) is -0.0167. The molecule has 0 aliphatic heterocycles. The number of fused-ring (bicyclic) bond motifs is 1. The number of aryl methyl sites for hydroxylation is 2. The van der Waals surface area contributed by atoms with Crippen molar-refractivity contribution in [3.8, 4) is 11.8 Å². The Labute approximate surface area is 159 Å². The Morgan fingerprint density at radius 2 is 2.04 bits per heavy atom. The molecule has 0 aliphatic rings. The van der Waals surface area contributed by atoms with Crippen LogP contribution in [0.4, 0.5) is 5.69 Å². The number of benzene rings is 2. The van der Waals surface area contributed by atoms with Crippen LogP contribution in [0.15, 0.2) is 45.6 Å². The predicted molar refractivity (Wildman–Crippen MR) is 102 cm³/mol. The quantitative estimate of drug-likeness (QED) is 0.689. The fourth-order valence-corrected chi connectivity index (χ4v) is 2.88. The monoisotopic (exact) mass is 382 g/mol. The second-order valence-electron chi connectivity index (χ2n) is 5.95. The first-order valence-corrected chi connectivity index (χ1v) is 8.43. The molecule has 1 amide bonds. The zero-order valence-electron chi connectivity index (χ0n) is 14.6. The lowest BCUT2D eigenvalue weighted by Crippen LogP contribution is -2.21. The number of hydrogen-bond acceptors (Lipinski definition) is 5. The minimum absolute atomic E-state index is 0.278. The number of hydrogen-bond donors (Lipinski definition) is 1. The van der Waals surface area contributed by atoms with Gasteiger partial charge in [0, 0.05) is 22.0 Å². The topological polar surface area (TPSA) is 92.3 Å². The first-order valence-electron chi connectivity index (χ1n) is 8.05. The third kappa shape index (κ3) is 3.94. The van der Waals surface area contributed by atoms with Crippen molar-refractivity contribution in [2.75, 3.05) is 11.9 Å². The van der Waals surface area contributed by atoms with Crippen molar-refractivity contribution in [3.05, 3.63) is 68.5 Å². The Morgan fingerprint density at radius 3 is 2.78 bits per heavy atom. The first kappa shape index (κ1) is 18.5. The number of anilines is 1. The lowest BCUT2D eigenvalue weighted by atomic mass is 10.1. The molecule has 0 aliphatic carbocycles. The summed E-state index contributed by atoms with van der Waals surface area (Å²) in [6, 6.07) is 11.5. The fraction of sp³-hybridized carbons (Fsp3) is 0.150. The third-order valence-corrected chi connectivity index (χ3v) is 4.29. The Kier molecular flexibility index (Phi) is 5.15. The lowest BCUT2D eigenvalue weighted by Gasteiger charge is -2.12. The molecule has 0 bridgehead atoms. The molecule has 136 valence electrons. The van der Waals surface area contributed by atoms with Crippen LogP contribution in [0.1, 0.15) is 16.7 Å². The predicted octanol–water partition coefficient (Wildman–Crippen LogP) is 3.95. The molecule has 2 aromatic carbocycles. The average Bonchev–Trinajstić information content (AvgIpc) is 2.62. The number of rotatable bonds is 4. The molecule has 0 saturated heterocycles. The van der Waals surface area contributed by atoms with Gasteiger partial charge in [0.25, 0.3) is 5.91 Å². The minimum Gasteiger partial charge on any atom is -0.483 e. The summed E-state index contributed by atoms with van der Waals surface area (Å²) in [4.78, 5) is 23.8. The lowest BCUT2D eigenvalue weighted by molar-refractivity contribution is -0.118. The first-order chi connectivity index (χ1) is 12.9. The maximum atomic E-state index is 12.2. The van der Waals surface area contributed by atoms with Crippen LogP contribution in [0.5, 0.6) is 5.75 Å². The highest BCUT2D eigenvalue weighted by molar-refractivity contribution is 6.31. The molecule has 0 atom stereocenters. The van der Waals surface area contributed by atoms with Crippen molar-refractivity contribution in [1.29, 1.82) is 5.26 Å². The SMILES string of the molecule is Cc1cc(=O)oc2c(C)c(OCC(=O)Nc3cc(Cl)ccc3C#N)ccc12. The van der Waals surface area contributed by atoms with Gasteiger partial charge in [-0.3, -0.25) is 4.79 Å². The summed E-state index contributed by atoms with van der Waals surface area (Å²) in [6.45, 7) is 3.30. The van der Waals surface area contributed by atoms with Crippen LogP contribution < -0.4 is 15.7 Å². The second-order valence-corrected chi connectivity index (χ2v) is 6.39. The van der Waals surface area contributed by atoms with E-state index < -0.39 is 11.5 Å². The van der Waals surface area contributed by atoms with Crippen molar-refractivity contribution in [2.24, 2.45) is 0 Å². The molecule has 1 N–H and O–H groups in total. The van der Waals surface area contributed by atoms with Crippen LogP contribution >= 0.6 is 11.6 Å². The van der Waals surface area contributed by atoms with E-state index in [1.807, 2.05) is 13.0 Å². The molecule has 0 radical (unpaired) electrons. The molecule has 6 nitrogen and oxygen atoms in total. The Hall–Kier alpha value is -3.30. The molecule has 3 aromatic rings. The molecule has 7 heteroatoms. The van der Waals surface area contributed by atoms with E-state index in [1.54, 1.807) is 25.1 Å². The van der Waals surface area contributed by atoms with Gasteiger partial charge in [-0.15, -0.1) is 0 Å². The van der Waals surface area contributed by atoms with Gasteiger partial charge in [0.05, 0.1) is 11.3 Å². The summed E-state index contributed by atoms with van der Waals surface area (Å²) in [5.41, 5.74) is 2.03. The van der Waals surface area contributed by atoms with E-state index in [4.69, 9.17) is 26.0 Å². The van der Waals surface area contributed by atoms with Crippen molar-refractivity contribution >= 4 is 34.2 Å². The number of nitrogens with zero attached hydrogens (tertiary/aromatic N) is 1. The second kappa shape index (κ2) is 7.52. The maximum Gasteiger partial charge on any atom is 0.336 e. The average molecular weight is 383 g/mol. The summed E-state index contributed by atoms with van der Waals surface area (Å²) < 4.78 is 10.8. The molecule has 0 unspecified atom stereocenters. The van der Waals surface area contributed by atoms with Crippen LogP contribution in [-0.2, 0) is 4.79 Å². The maximum absolute atomic E-state index is 12.2. The van der Waals surface area contributed by atoms with Gasteiger partial charge in [0.1, 0.15) is 17.4 Å². The highest BCUT2D eigenvalue weighted by atomic mass is 35.5. The van der Waals surface area contributed by atoms with Crippen LogP contribution in [-0.4, -0.2) is 12.5 Å². The van der Waals surface area contributed by atoms with Gasteiger partial charge < -0.3 is 14.5 Å². The van der Waals surface area contributed by atoms with Gasteiger partial charge >= 0.3 is 5.63 Å². The number of carbonyl (C=O) groups is 1. The third-order valence-electron chi connectivity index (χ3n) is 4.05. The standard InChI is InChI=1S/C20H15ClN2O4/c1-11-7-19(25)27-20-12(2)17(6-5-15(11)20)26-10-18(24)23-16-8-14(21)4-3-13(16)9-22/h3-8H,10H2,1-2H3,(H,23,24). The van der Waals surface area contributed by atoms with Gasteiger partial charge in [-0.25, -0.2) is 4.79 Å². The molecular weight excluding hydrogens is 368 g/mol. The number of nitrogens with one attached hydrogen (secondary N) is 1. The van der Waals surface area contributed by atoms with E-state index in [0.29, 0.717) is 33.2 Å². The van der Waals surface area contributed by atoms with Crippen molar-refractivity contribution < 1.29 is 13.9 Å². The highest BCUT2D eigenvalue weighted by Crippen LogP contribution is 2.28. The zero-order chi connectivity index (χ0) is 19.6. The number of ether oxygens (including phenoxy) is 1. The molecule has 3 rings (SSSR count). The Bertz CT molecular complexity index is 1150. The van der Waals surface area contributed by atoms with Gasteiger partial charge in [-0.1, -0.05) is 11.6 Å². The molecular formula is C20H15ClN2O4. The van der Waals surface area contributed by atoms with E-state index >= 15 is 0 Å². The van der Waals surface area contributed by atoms with E-state index in [0.717, 1.165) is 10.9 Å². The summed E-state index contributed by atoms with van der Waals surface area (Å²) in [6.07, 6.45) is 0. The summed E-state index contributed by atoms with van der Waals surface area (Å²) >= 11 is 5.90. The van der Waals surface area contributed by atoms with Crippen LogP contribution in [0.25, 0.3) is 11.0 Å². The van der Waals surface area contributed by atoms with Gasteiger partial charge in [-0.05, 0) is 49.7 Å². The van der Waals surface area contributed by atoms with Crippen molar-refractivity contribution in [1.82, 2.24) is 0 Å². The Morgan fingerprint density at radius 1 is 1.26 bits per heavy atom. The number of carbonyl (C=O) groups excluding carboxylic acids is 1. The van der Waals surface area contributed by atoms with E-state index in [2.05, 4.69) is 5.32 Å². The Balaban J connectivity index is 1.78. The van der Waals surface area contributed by atoms with Crippen molar-refractivity contribution in [3.63, 3.8) is 0 Å². The minimum atomic E-state index is -0.445. The number of halogens is 1. The van der Waals surface area contributed by atoms with Gasteiger partial charge in [0.15, 0.2) is 6.61 Å². The van der Waals surface area contributed by atoms with Gasteiger partial charge in [0.2, 0.25) is 0 Å². The van der Waals surface area contributed by atoms with E-state index in [1.165, 1.54) is 18.2 Å². The molecule has 0 fully saturated rings. The highest BCUT2D eigenvalue weighted by Gasteiger charge is 2.13. The number of amides is 1. The summed E-state index contributed by atoms with van der Waals surface area (Å²) in [5, 5.41) is 12.9. The van der Waals surface area contributed by atoms with Gasteiger partial charge in [-0.2, -0.15) is 5.26 Å². The smallest absolute Gasteiger partial charge is 0.336 e. The largest absolute Gasteiger partial charge is 0.483 e. The van der Waals surface area contributed by atoms with E-state index in [9.17, 15) is 9.59 Å².